The predicted octanol–water partition coefficient (Wildman–Crippen LogP) is 2.74. The van der Waals surface area contributed by atoms with Gasteiger partial charge in [-0.2, -0.15) is 0 Å². The molecule has 1 N–H and O–H groups in total. The van der Waals surface area contributed by atoms with Crippen molar-refractivity contribution in [1.29, 1.82) is 0 Å². The molecular formula is C14H16O4. The molecule has 0 radical (unpaired) electrons. The highest BCUT2D eigenvalue weighted by Crippen LogP contribution is 2.38. The van der Waals surface area contributed by atoms with Crippen molar-refractivity contribution >= 4 is 5.97 Å². The average Bonchev–Trinajstić information content (AvgIpc) is 2.82. The number of hydrogen-bond acceptors (Lipinski definition) is 3. The first-order valence-electron chi connectivity index (χ1n) is 6.38. The van der Waals surface area contributed by atoms with Gasteiger partial charge in [-0.15, -0.1) is 0 Å². The predicted molar refractivity (Wildman–Crippen MR) is 64.4 cm³/mol. The first-order chi connectivity index (χ1) is 8.74. The molecule has 1 aliphatic carbocycles. The third kappa shape index (κ3) is 2.13. The molecule has 0 unspecified atom stereocenters. The van der Waals surface area contributed by atoms with E-state index < -0.39 is 5.97 Å². The summed E-state index contributed by atoms with van der Waals surface area (Å²) in [6.07, 6.45) is 4.62. The van der Waals surface area contributed by atoms with Crippen molar-refractivity contribution in [2.45, 2.75) is 44.2 Å². The van der Waals surface area contributed by atoms with Gasteiger partial charge in [0.1, 0.15) is 0 Å². The standard InChI is InChI=1S/C14H16O4/c15-13(16)9-5-7-10(8-6-9)14-17-11-3-1-2-4-12(11)18-14/h5-8,11-12,14H,1-4H2,(H,15,16)/t11-,12-/m1/s1. The number of rotatable bonds is 2. The molecule has 0 bridgehead atoms. The van der Waals surface area contributed by atoms with Gasteiger partial charge in [-0.1, -0.05) is 25.0 Å². The fraction of sp³-hybridized carbons (Fsp3) is 0.500. The van der Waals surface area contributed by atoms with Gasteiger partial charge in [-0.3, -0.25) is 0 Å². The summed E-state index contributed by atoms with van der Waals surface area (Å²) in [5.74, 6) is -0.913. The molecule has 4 nitrogen and oxygen atoms in total. The normalized spacial score (nSPS) is 28.0. The van der Waals surface area contributed by atoms with E-state index >= 15 is 0 Å². The Labute approximate surface area is 106 Å². The van der Waals surface area contributed by atoms with Crippen molar-refractivity contribution in [2.24, 2.45) is 0 Å². The van der Waals surface area contributed by atoms with Gasteiger partial charge < -0.3 is 14.6 Å². The quantitative estimate of drug-likeness (QED) is 0.874. The second-order valence-corrected chi connectivity index (χ2v) is 4.89. The molecule has 96 valence electrons. The molecule has 1 heterocycles. The van der Waals surface area contributed by atoms with Crippen LogP contribution in [0.1, 0.15) is 47.9 Å². The summed E-state index contributed by atoms with van der Waals surface area (Å²) in [7, 11) is 0. The van der Waals surface area contributed by atoms with E-state index in [0.29, 0.717) is 0 Å². The van der Waals surface area contributed by atoms with E-state index in [9.17, 15) is 4.79 Å². The van der Waals surface area contributed by atoms with E-state index in [4.69, 9.17) is 14.6 Å². The number of carbonyl (C=O) groups is 1. The van der Waals surface area contributed by atoms with Crippen LogP contribution in [0.15, 0.2) is 24.3 Å². The van der Waals surface area contributed by atoms with Crippen LogP contribution < -0.4 is 0 Å². The number of carboxylic acids is 1. The van der Waals surface area contributed by atoms with Crippen LogP contribution in [0.4, 0.5) is 0 Å². The lowest BCUT2D eigenvalue weighted by molar-refractivity contribution is -0.0680. The first kappa shape index (κ1) is 11.7. The summed E-state index contributed by atoms with van der Waals surface area (Å²) < 4.78 is 11.8. The van der Waals surface area contributed by atoms with Gasteiger partial charge >= 0.3 is 5.97 Å². The number of aromatic carboxylic acids is 1. The van der Waals surface area contributed by atoms with Crippen molar-refractivity contribution in [3.63, 3.8) is 0 Å². The zero-order chi connectivity index (χ0) is 12.5. The Morgan fingerprint density at radius 3 is 2.11 bits per heavy atom. The lowest BCUT2D eigenvalue weighted by atomic mass is 9.95. The third-order valence-corrected chi connectivity index (χ3v) is 3.67. The molecule has 0 spiro atoms. The van der Waals surface area contributed by atoms with E-state index in [1.807, 2.05) is 0 Å². The molecule has 18 heavy (non-hydrogen) atoms. The minimum absolute atomic E-state index is 0.211. The second kappa shape index (κ2) is 4.71. The minimum Gasteiger partial charge on any atom is -0.478 e. The fourth-order valence-electron chi connectivity index (χ4n) is 2.66. The Hall–Kier alpha value is -1.39. The van der Waals surface area contributed by atoms with Crippen molar-refractivity contribution in [3.8, 4) is 0 Å². The van der Waals surface area contributed by atoms with Crippen molar-refractivity contribution < 1.29 is 19.4 Å². The van der Waals surface area contributed by atoms with Gasteiger partial charge in [0.25, 0.3) is 0 Å². The van der Waals surface area contributed by atoms with Crippen LogP contribution in [-0.2, 0) is 9.47 Å². The summed E-state index contributed by atoms with van der Waals surface area (Å²) in [4.78, 5) is 10.8. The molecule has 1 saturated heterocycles. The highest BCUT2D eigenvalue weighted by molar-refractivity contribution is 5.87. The van der Waals surface area contributed by atoms with Gasteiger partial charge in [0, 0.05) is 5.56 Å². The molecule has 1 aromatic rings. The van der Waals surface area contributed by atoms with Crippen LogP contribution >= 0.6 is 0 Å². The molecule has 1 aromatic carbocycles. The Bertz CT molecular complexity index is 426. The zero-order valence-corrected chi connectivity index (χ0v) is 10.0. The van der Waals surface area contributed by atoms with Crippen LogP contribution in [0.5, 0.6) is 0 Å². The van der Waals surface area contributed by atoms with Gasteiger partial charge in [-0.05, 0) is 25.0 Å². The highest BCUT2D eigenvalue weighted by atomic mass is 16.7. The first-order valence-corrected chi connectivity index (χ1v) is 6.38. The van der Waals surface area contributed by atoms with Crippen molar-refractivity contribution in [3.05, 3.63) is 35.4 Å². The zero-order valence-electron chi connectivity index (χ0n) is 10.0. The Morgan fingerprint density at radius 2 is 1.61 bits per heavy atom. The van der Waals surface area contributed by atoms with Crippen molar-refractivity contribution in [2.75, 3.05) is 0 Å². The van der Waals surface area contributed by atoms with E-state index in [-0.39, 0.29) is 24.1 Å². The Kier molecular flexibility index (Phi) is 3.06. The molecule has 0 amide bonds. The maximum absolute atomic E-state index is 10.8. The van der Waals surface area contributed by atoms with E-state index in [1.165, 1.54) is 12.8 Å². The Morgan fingerprint density at radius 1 is 1.06 bits per heavy atom. The molecule has 2 aliphatic rings. The summed E-state index contributed by atoms with van der Waals surface area (Å²) in [6.45, 7) is 0. The molecule has 2 atom stereocenters. The van der Waals surface area contributed by atoms with Gasteiger partial charge in [0.15, 0.2) is 6.29 Å². The third-order valence-electron chi connectivity index (χ3n) is 3.67. The monoisotopic (exact) mass is 248 g/mol. The summed E-state index contributed by atoms with van der Waals surface area (Å²) >= 11 is 0. The second-order valence-electron chi connectivity index (χ2n) is 4.89. The maximum Gasteiger partial charge on any atom is 0.335 e. The molecule has 0 aromatic heterocycles. The van der Waals surface area contributed by atoms with Crippen molar-refractivity contribution in [1.82, 2.24) is 0 Å². The van der Waals surface area contributed by atoms with Gasteiger partial charge in [-0.25, -0.2) is 4.79 Å². The Balaban J connectivity index is 1.73. The van der Waals surface area contributed by atoms with Crippen LogP contribution in [0, 0.1) is 0 Å². The number of ether oxygens (including phenoxy) is 2. The summed E-state index contributed by atoms with van der Waals surface area (Å²) in [5.41, 5.74) is 1.18. The molecule has 1 saturated carbocycles. The van der Waals surface area contributed by atoms with E-state index in [2.05, 4.69) is 0 Å². The number of carboxylic acid groups (broad SMARTS) is 1. The molecule has 3 rings (SSSR count). The number of benzene rings is 1. The summed E-state index contributed by atoms with van der Waals surface area (Å²) in [6, 6.07) is 6.72. The van der Waals surface area contributed by atoms with Crippen LogP contribution in [0.3, 0.4) is 0 Å². The number of hydrogen-bond donors (Lipinski definition) is 1. The lowest BCUT2D eigenvalue weighted by Gasteiger charge is -2.21. The highest BCUT2D eigenvalue weighted by Gasteiger charge is 2.38. The van der Waals surface area contributed by atoms with Crippen LogP contribution in [0.2, 0.25) is 0 Å². The van der Waals surface area contributed by atoms with E-state index in [0.717, 1.165) is 18.4 Å². The minimum atomic E-state index is -0.913. The SMILES string of the molecule is O=C(O)c1ccc(C2O[C@@H]3CCCC[C@H]3O2)cc1. The van der Waals surface area contributed by atoms with Gasteiger partial charge in [0.2, 0.25) is 0 Å². The average molecular weight is 248 g/mol. The fourth-order valence-corrected chi connectivity index (χ4v) is 2.66. The summed E-state index contributed by atoms with van der Waals surface area (Å²) in [5, 5.41) is 8.85. The lowest BCUT2D eigenvalue weighted by Crippen LogP contribution is -2.25. The molecule has 1 aliphatic heterocycles. The molecule has 4 heteroatoms. The van der Waals surface area contributed by atoms with Crippen LogP contribution in [0.25, 0.3) is 0 Å². The van der Waals surface area contributed by atoms with Gasteiger partial charge in [0.05, 0.1) is 17.8 Å². The topological polar surface area (TPSA) is 55.8 Å². The van der Waals surface area contributed by atoms with E-state index in [1.54, 1.807) is 24.3 Å². The van der Waals surface area contributed by atoms with Crippen LogP contribution in [-0.4, -0.2) is 23.3 Å². The largest absolute Gasteiger partial charge is 0.478 e. The maximum atomic E-state index is 10.8. The smallest absolute Gasteiger partial charge is 0.335 e. The number of fused-ring (bicyclic) bond motifs is 1. The molecular weight excluding hydrogens is 232 g/mol. The molecule has 2 fully saturated rings.